The number of amides is 1. The highest BCUT2D eigenvalue weighted by molar-refractivity contribution is 5.96. The Morgan fingerprint density at radius 2 is 1.96 bits per heavy atom. The number of piperidine rings is 1. The molecule has 0 atom stereocenters. The number of carbonyl (C=O) groups is 1. The molecule has 0 radical (unpaired) electrons. The Bertz CT molecular complexity index is 922. The minimum absolute atomic E-state index is 0.0587. The van der Waals surface area contributed by atoms with Gasteiger partial charge in [-0.25, -0.2) is 9.97 Å². The second kappa shape index (κ2) is 6.31. The fourth-order valence-corrected chi connectivity index (χ4v) is 3.72. The molecular formula is C20H22N4O. The predicted octanol–water partition coefficient (Wildman–Crippen LogP) is 3.59. The lowest BCUT2D eigenvalue weighted by Crippen LogP contribution is -2.38. The summed E-state index contributed by atoms with van der Waals surface area (Å²) >= 11 is 0. The highest BCUT2D eigenvalue weighted by Crippen LogP contribution is 2.31. The number of imidazole rings is 1. The van der Waals surface area contributed by atoms with Gasteiger partial charge in [-0.2, -0.15) is 0 Å². The molecule has 5 heteroatoms. The highest BCUT2D eigenvalue weighted by atomic mass is 16.2. The first-order valence-corrected chi connectivity index (χ1v) is 8.77. The Morgan fingerprint density at radius 1 is 1.16 bits per heavy atom. The van der Waals surface area contributed by atoms with Crippen LogP contribution in [-0.2, 0) is 0 Å². The first kappa shape index (κ1) is 15.8. The van der Waals surface area contributed by atoms with Crippen molar-refractivity contribution in [3.8, 4) is 0 Å². The van der Waals surface area contributed by atoms with Gasteiger partial charge in [0.1, 0.15) is 0 Å². The number of aromatic nitrogens is 3. The molecule has 1 saturated heterocycles. The SMILES string of the molecule is Cc1ccc(C)c(C2CCN(C(=O)c3cnc4nc[nH]c4c3)CC2)c1. The van der Waals surface area contributed by atoms with Gasteiger partial charge in [0, 0.05) is 19.3 Å². The van der Waals surface area contributed by atoms with Crippen molar-refractivity contribution in [2.24, 2.45) is 0 Å². The van der Waals surface area contributed by atoms with Crippen LogP contribution >= 0.6 is 0 Å². The Hall–Kier alpha value is -2.69. The van der Waals surface area contributed by atoms with Crippen LogP contribution in [0.2, 0.25) is 0 Å². The minimum atomic E-state index is 0.0587. The van der Waals surface area contributed by atoms with Crippen LogP contribution in [0.25, 0.3) is 11.2 Å². The van der Waals surface area contributed by atoms with Crippen LogP contribution in [0.4, 0.5) is 0 Å². The zero-order valence-corrected chi connectivity index (χ0v) is 14.6. The number of carbonyl (C=O) groups excluding carboxylic acids is 1. The molecule has 0 saturated carbocycles. The number of hydrogen-bond acceptors (Lipinski definition) is 3. The van der Waals surface area contributed by atoms with Gasteiger partial charge in [-0.15, -0.1) is 0 Å². The number of fused-ring (bicyclic) bond motifs is 1. The normalized spacial score (nSPS) is 15.7. The fraction of sp³-hybridized carbons (Fsp3) is 0.350. The summed E-state index contributed by atoms with van der Waals surface area (Å²) in [5, 5.41) is 0. The summed E-state index contributed by atoms with van der Waals surface area (Å²) in [7, 11) is 0. The number of rotatable bonds is 2. The Balaban J connectivity index is 1.47. The van der Waals surface area contributed by atoms with E-state index in [-0.39, 0.29) is 5.91 Å². The number of nitrogens with one attached hydrogen (secondary N) is 1. The van der Waals surface area contributed by atoms with Crippen LogP contribution in [0, 0.1) is 13.8 Å². The Kier molecular flexibility index (Phi) is 3.99. The fourth-order valence-electron chi connectivity index (χ4n) is 3.72. The van der Waals surface area contributed by atoms with E-state index >= 15 is 0 Å². The average Bonchev–Trinajstić information content (AvgIpc) is 3.11. The van der Waals surface area contributed by atoms with E-state index in [4.69, 9.17) is 0 Å². The standard InChI is InChI=1S/C20H22N4O/c1-13-3-4-14(2)17(9-13)15-5-7-24(8-6-15)20(25)16-10-18-19(21-11-16)23-12-22-18/h3-4,9-12,15H,5-8H2,1-2H3,(H,21,22,23). The molecule has 25 heavy (non-hydrogen) atoms. The summed E-state index contributed by atoms with van der Waals surface area (Å²) in [6, 6.07) is 8.51. The van der Waals surface area contributed by atoms with E-state index in [0.29, 0.717) is 17.1 Å². The van der Waals surface area contributed by atoms with E-state index < -0.39 is 0 Å². The van der Waals surface area contributed by atoms with Gasteiger partial charge in [0.15, 0.2) is 5.65 Å². The van der Waals surface area contributed by atoms with Crippen LogP contribution in [0.15, 0.2) is 36.8 Å². The lowest BCUT2D eigenvalue weighted by molar-refractivity contribution is 0.0712. The molecule has 2 aromatic heterocycles. The molecule has 4 rings (SSSR count). The van der Waals surface area contributed by atoms with Crippen LogP contribution in [-0.4, -0.2) is 38.8 Å². The Morgan fingerprint density at radius 3 is 2.76 bits per heavy atom. The van der Waals surface area contributed by atoms with Crippen LogP contribution in [0.3, 0.4) is 0 Å². The zero-order valence-electron chi connectivity index (χ0n) is 14.6. The van der Waals surface area contributed by atoms with Crippen molar-refractivity contribution in [3.05, 3.63) is 59.0 Å². The monoisotopic (exact) mass is 334 g/mol. The van der Waals surface area contributed by atoms with Crippen LogP contribution in [0.5, 0.6) is 0 Å². The maximum Gasteiger partial charge on any atom is 0.255 e. The van der Waals surface area contributed by atoms with E-state index in [1.807, 2.05) is 11.0 Å². The van der Waals surface area contributed by atoms with Crippen molar-refractivity contribution in [1.82, 2.24) is 19.9 Å². The molecule has 0 spiro atoms. The van der Waals surface area contributed by atoms with Crippen molar-refractivity contribution in [2.75, 3.05) is 13.1 Å². The summed E-state index contributed by atoms with van der Waals surface area (Å²) in [6.45, 7) is 5.90. The molecular weight excluding hydrogens is 312 g/mol. The van der Waals surface area contributed by atoms with Gasteiger partial charge in [0.2, 0.25) is 0 Å². The molecule has 0 bridgehead atoms. The van der Waals surface area contributed by atoms with Gasteiger partial charge in [-0.1, -0.05) is 23.8 Å². The molecule has 5 nitrogen and oxygen atoms in total. The van der Waals surface area contributed by atoms with Crippen LogP contribution < -0.4 is 0 Å². The van der Waals surface area contributed by atoms with Gasteiger partial charge in [0.25, 0.3) is 5.91 Å². The number of H-pyrrole nitrogens is 1. The van der Waals surface area contributed by atoms with Crippen molar-refractivity contribution in [1.29, 1.82) is 0 Å². The lowest BCUT2D eigenvalue weighted by Gasteiger charge is -2.33. The topological polar surface area (TPSA) is 61.9 Å². The van der Waals surface area contributed by atoms with E-state index in [1.165, 1.54) is 16.7 Å². The van der Waals surface area contributed by atoms with Gasteiger partial charge in [-0.05, 0) is 49.8 Å². The Labute approximate surface area is 147 Å². The van der Waals surface area contributed by atoms with Gasteiger partial charge < -0.3 is 9.88 Å². The summed E-state index contributed by atoms with van der Waals surface area (Å²) in [5.41, 5.74) is 6.16. The highest BCUT2D eigenvalue weighted by Gasteiger charge is 2.25. The summed E-state index contributed by atoms with van der Waals surface area (Å²) in [4.78, 5) is 26.1. The first-order chi connectivity index (χ1) is 12.1. The van der Waals surface area contributed by atoms with Gasteiger partial charge in [-0.3, -0.25) is 4.79 Å². The molecule has 3 heterocycles. The summed E-state index contributed by atoms with van der Waals surface area (Å²) in [6.07, 6.45) is 5.25. The summed E-state index contributed by atoms with van der Waals surface area (Å²) in [5.74, 6) is 0.598. The molecule has 1 N–H and O–H groups in total. The second-order valence-corrected chi connectivity index (χ2v) is 6.92. The van der Waals surface area contributed by atoms with E-state index in [1.54, 1.807) is 12.5 Å². The number of likely N-dealkylation sites (tertiary alicyclic amines) is 1. The third-order valence-corrected chi connectivity index (χ3v) is 5.18. The molecule has 0 unspecified atom stereocenters. The third kappa shape index (κ3) is 3.02. The average molecular weight is 334 g/mol. The van der Waals surface area contributed by atoms with E-state index in [0.717, 1.165) is 31.4 Å². The number of benzene rings is 1. The summed E-state index contributed by atoms with van der Waals surface area (Å²) < 4.78 is 0. The molecule has 1 fully saturated rings. The molecule has 3 aromatic rings. The largest absolute Gasteiger partial charge is 0.343 e. The number of aryl methyl sites for hydroxylation is 2. The molecule has 0 aliphatic carbocycles. The van der Waals surface area contributed by atoms with Crippen molar-refractivity contribution in [3.63, 3.8) is 0 Å². The number of hydrogen-bond donors (Lipinski definition) is 1. The molecule has 1 aliphatic heterocycles. The van der Waals surface area contributed by atoms with Crippen LogP contribution in [0.1, 0.15) is 45.8 Å². The quantitative estimate of drug-likeness (QED) is 0.779. The molecule has 1 aromatic carbocycles. The molecule has 1 amide bonds. The number of nitrogens with zero attached hydrogens (tertiary/aromatic N) is 3. The van der Waals surface area contributed by atoms with Crippen molar-refractivity contribution >= 4 is 17.1 Å². The van der Waals surface area contributed by atoms with Gasteiger partial charge >= 0.3 is 0 Å². The first-order valence-electron chi connectivity index (χ1n) is 8.77. The molecule has 128 valence electrons. The lowest BCUT2D eigenvalue weighted by atomic mass is 9.86. The minimum Gasteiger partial charge on any atom is -0.343 e. The predicted molar refractivity (Wildman–Crippen MR) is 97.7 cm³/mol. The molecule has 1 aliphatic rings. The van der Waals surface area contributed by atoms with Crippen molar-refractivity contribution in [2.45, 2.75) is 32.6 Å². The van der Waals surface area contributed by atoms with E-state index in [2.05, 4.69) is 47.0 Å². The maximum atomic E-state index is 12.8. The number of aromatic amines is 1. The number of pyridine rings is 1. The maximum absolute atomic E-state index is 12.8. The van der Waals surface area contributed by atoms with Gasteiger partial charge in [0.05, 0.1) is 17.4 Å². The third-order valence-electron chi connectivity index (χ3n) is 5.18. The second-order valence-electron chi connectivity index (χ2n) is 6.92. The van der Waals surface area contributed by atoms with Crippen molar-refractivity contribution < 1.29 is 4.79 Å². The zero-order chi connectivity index (χ0) is 17.4. The van der Waals surface area contributed by atoms with E-state index in [9.17, 15) is 4.79 Å². The smallest absolute Gasteiger partial charge is 0.255 e.